The smallest absolute Gasteiger partial charge is 0.267 e. The van der Waals surface area contributed by atoms with Crippen LogP contribution in [-0.2, 0) is 6.54 Å². The monoisotopic (exact) mass is 375 g/mol. The zero-order valence-electron chi connectivity index (χ0n) is 15.9. The molecule has 0 aliphatic heterocycles. The van der Waals surface area contributed by atoms with Crippen molar-refractivity contribution in [2.75, 3.05) is 0 Å². The minimum atomic E-state index is -0.590. The number of carbonyl (C=O) groups excluding carboxylic acids is 1. The van der Waals surface area contributed by atoms with E-state index in [9.17, 15) is 9.90 Å². The number of phenols is 1. The minimum absolute atomic E-state index is 0.191. The lowest BCUT2D eigenvalue weighted by Crippen LogP contribution is -2.14. The second kappa shape index (κ2) is 6.53. The Hall–Kier alpha value is -3.61. The van der Waals surface area contributed by atoms with Crippen molar-refractivity contribution in [3.05, 3.63) is 53.6 Å². The predicted octanol–water partition coefficient (Wildman–Crippen LogP) is 3.53. The molecule has 3 aromatic heterocycles. The van der Waals surface area contributed by atoms with E-state index in [0.29, 0.717) is 12.2 Å². The number of fused-ring (bicyclic) bond motifs is 1. The molecule has 0 spiro atoms. The third kappa shape index (κ3) is 2.63. The van der Waals surface area contributed by atoms with Crippen LogP contribution in [0.5, 0.6) is 5.75 Å². The zero-order valence-corrected chi connectivity index (χ0v) is 15.9. The highest BCUT2D eigenvalue weighted by atomic mass is 16.3. The van der Waals surface area contributed by atoms with Crippen LogP contribution in [0, 0.1) is 13.8 Å². The Kier molecular flexibility index (Phi) is 4.15. The number of hydrogen-bond acceptors (Lipinski definition) is 4. The van der Waals surface area contributed by atoms with E-state index in [-0.39, 0.29) is 11.4 Å². The highest BCUT2D eigenvalue weighted by Crippen LogP contribution is 2.41. The normalized spacial score (nSPS) is 11.2. The molecule has 0 atom stereocenters. The summed E-state index contributed by atoms with van der Waals surface area (Å²) in [6, 6.07) is 5.25. The van der Waals surface area contributed by atoms with Crippen molar-refractivity contribution in [3.63, 3.8) is 0 Å². The average Bonchev–Trinajstić information content (AvgIpc) is 3.32. The number of aryl methyl sites for hydroxylation is 2. The number of benzene rings is 1. The molecule has 4 rings (SSSR count). The van der Waals surface area contributed by atoms with E-state index in [0.717, 1.165) is 38.8 Å². The number of H-pyrrole nitrogens is 1. The molecule has 0 saturated heterocycles. The molecule has 4 N–H and O–H groups in total. The summed E-state index contributed by atoms with van der Waals surface area (Å²) in [7, 11) is 0. The van der Waals surface area contributed by atoms with Crippen LogP contribution in [0.2, 0.25) is 0 Å². The Labute approximate surface area is 161 Å². The minimum Gasteiger partial charge on any atom is -0.508 e. The SMILES string of the molecule is CCn1cc(-c2cn[nH]c2)c2c(-c3c(C)ccc(O)c3C)cc(C(N)=O)nc21. The highest BCUT2D eigenvalue weighted by Gasteiger charge is 2.22. The van der Waals surface area contributed by atoms with Crippen LogP contribution in [0.3, 0.4) is 0 Å². The van der Waals surface area contributed by atoms with E-state index in [1.54, 1.807) is 18.3 Å². The first kappa shape index (κ1) is 17.8. The van der Waals surface area contributed by atoms with Gasteiger partial charge in [-0.25, -0.2) is 4.98 Å². The first-order chi connectivity index (χ1) is 13.4. The van der Waals surface area contributed by atoms with Crippen LogP contribution < -0.4 is 5.73 Å². The number of hydrogen-bond donors (Lipinski definition) is 3. The van der Waals surface area contributed by atoms with Gasteiger partial charge in [0.2, 0.25) is 0 Å². The number of carbonyl (C=O) groups is 1. The van der Waals surface area contributed by atoms with Gasteiger partial charge in [-0.2, -0.15) is 5.10 Å². The van der Waals surface area contributed by atoms with Gasteiger partial charge in [0.05, 0.1) is 6.20 Å². The summed E-state index contributed by atoms with van der Waals surface area (Å²) in [6.07, 6.45) is 5.58. The molecule has 7 nitrogen and oxygen atoms in total. The second-order valence-corrected chi connectivity index (χ2v) is 6.84. The van der Waals surface area contributed by atoms with Crippen LogP contribution in [0.1, 0.15) is 28.5 Å². The zero-order chi connectivity index (χ0) is 20.0. The lowest BCUT2D eigenvalue weighted by atomic mass is 9.91. The largest absolute Gasteiger partial charge is 0.508 e. The maximum atomic E-state index is 12.0. The Morgan fingerprint density at radius 1 is 1.29 bits per heavy atom. The standard InChI is InChI=1S/C21H21N5O2/c1-4-26-10-15(13-8-23-24-9-13)19-14(7-16(20(22)28)25-21(19)26)18-11(2)5-6-17(27)12(18)3/h5-10,27H,4H2,1-3H3,(H2,22,28)(H,23,24). The average molecular weight is 375 g/mol. The number of phenolic OH excluding ortho intramolecular Hbond substituents is 1. The van der Waals surface area contributed by atoms with Crippen molar-refractivity contribution in [3.8, 4) is 28.0 Å². The molecule has 4 aromatic rings. The molecule has 3 heterocycles. The van der Waals surface area contributed by atoms with E-state index in [1.165, 1.54) is 0 Å². The molecule has 0 saturated carbocycles. The van der Waals surface area contributed by atoms with Crippen LogP contribution in [0.4, 0.5) is 0 Å². The van der Waals surface area contributed by atoms with Crippen molar-refractivity contribution in [2.24, 2.45) is 5.73 Å². The van der Waals surface area contributed by atoms with E-state index in [4.69, 9.17) is 5.73 Å². The molecule has 0 fully saturated rings. The van der Waals surface area contributed by atoms with Gasteiger partial charge in [-0.3, -0.25) is 9.89 Å². The van der Waals surface area contributed by atoms with Crippen molar-refractivity contribution in [1.82, 2.24) is 19.7 Å². The molecule has 1 aromatic carbocycles. The third-order valence-electron chi connectivity index (χ3n) is 5.14. The topological polar surface area (TPSA) is 110 Å². The molecule has 7 heteroatoms. The van der Waals surface area contributed by atoms with Gasteiger partial charge in [0.15, 0.2) is 0 Å². The fraction of sp³-hybridized carbons (Fsp3) is 0.190. The summed E-state index contributed by atoms with van der Waals surface area (Å²) >= 11 is 0. The Bertz CT molecular complexity index is 1210. The molecule has 0 aliphatic carbocycles. The lowest BCUT2D eigenvalue weighted by Gasteiger charge is -2.15. The maximum absolute atomic E-state index is 12.0. The molecule has 0 radical (unpaired) electrons. The number of rotatable bonds is 4. The summed E-state index contributed by atoms with van der Waals surface area (Å²) in [6.45, 7) is 6.54. The molecule has 0 unspecified atom stereocenters. The summed E-state index contributed by atoms with van der Waals surface area (Å²) in [4.78, 5) is 16.5. The van der Waals surface area contributed by atoms with Crippen molar-refractivity contribution in [2.45, 2.75) is 27.3 Å². The van der Waals surface area contributed by atoms with Gasteiger partial charge in [-0.05, 0) is 55.2 Å². The lowest BCUT2D eigenvalue weighted by molar-refractivity contribution is 0.0996. The Balaban J connectivity index is 2.20. The molecule has 28 heavy (non-hydrogen) atoms. The molecular formula is C21H21N5O2. The summed E-state index contributed by atoms with van der Waals surface area (Å²) in [5, 5.41) is 18.1. The molecular weight excluding hydrogens is 354 g/mol. The number of nitrogens with one attached hydrogen (secondary N) is 1. The summed E-state index contributed by atoms with van der Waals surface area (Å²) in [5.41, 5.74) is 11.7. The van der Waals surface area contributed by atoms with Crippen LogP contribution >= 0.6 is 0 Å². The van der Waals surface area contributed by atoms with E-state index in [1.807, 2.05) is 43.8 Å². The Morgan fingerprint density at radius 2 is 2.07 bits per heavy atom. The van der Waals surface area contributed by atoms with Crippen LogP contribution in [0.15, 0.2) is 36.8 Å². The van der Waals surface area contributed by atoms with Gasteiger partial charge in [0.25, 0.3) is 5.91 Å². The van der Waals surface area contributed by atoms with Crippen molar-refractivity contribution < 1.29 is 9.90 Å². The molecule has 1 amide bonds. The quantitative estimate of drug-likeness (QED) is 0.507. The maximum Gasteiger partial charge on any atom is 0.267 e. The van der Waals surface area contributed by atoms with E-state index in [2.05, 4.69) is 15.2 Å². The molecule has 0 aliphatic rings. The number of primary amides is 1. The number of aromatic nitrogens is 4. The fourth-order valence-electron chi connectivity index (χ4n) is 3.72. The Morgan fingerprint density at radius 3 is 2.71 bits per heavy atom. The summed E-state index contributed by atoms with van der Waals surface area (Å²) in [5.74, 6) is -0.390. The summed E-state index contributed by atoms with van der Waals surface area (Å²) < 4.78 is 1.99. The molecule has 142 valence electrons. The van der Waals surface area contributed by atoms with Gasteiger partial charge in [0, 0.05) is 35.5 Å². The number of nitrogens with zero attached hydrogens (tertiary/aromatic N) is 3. The predicted molar refractivity (Wildman–Crippen MR) is 108 cm³/mol. The fourth-order valence-corrected chi connectivity index (χ4v) is 3.72. The number of aromatic amines is 1. The number of pyridine rings is 1. The number of aromatic hydroxyl groups is 1. The van der Waals surface area contributed by atoms with Gasteiger partial charge in [-0.1, -0.05) is 6.07 Å². The van der Waals surface area contributed by atoms with Crippen LogP contribution in [-0.4, -0.2) is 30.8 Å². The van der Waals surface area contributed by atoms with Gasteiger partial charge in [0.1, 0.15) is 17.1 Å². The van der Waals surface area contributed by atoms with E-state index < -0.39 is 5.91 Å². The second-order valence-electron chi connectivity index (χ2n) is 6.84. The van der Waals surface area contributed by atoms with Gasteiger partial charge < -0.3 is 15.4 Å². The number of amides is 1. The van der Waals surface area contributed by atoms with E-state index >= 15 is 0 Å². The third-order valence-corrected chi connectivity index (χ3v) is 5.14. The first-order valence-corrected chi connectivity index (χ1v) is 9.04. The van der Waals surface area contributed by atoms with Crippen molar-refractivity contribution >= 4 is 16.9 Å². The van der Waals surface area contributed by atoms with Gasteiger partial charge >= 0.3 is 0 Å². The first-order valence-electron chi connectivity index (χ1n) is 9.04. The highest BCUT2D eigenvalue weighted by molar-refractivity contribution is 6.08. The number of nitrogens with two attached hydrogens (primary N) is 1. The van der Waals surface area contributed by atoms with Crippen molar-refractivity contribution in [1.29, 1.82) is 0 Å². The van der Waals surface area contributed by atoms with Crippen LogP contribution in [0.25, 0.3) is 33.3 Å². The molecule has 0 bridgehead atoms. The van der Waals surface area contributed by atoms with Gasteiger partial charge in [-0.15, -0.1) is 0 Å².